The summed E-state index contributed by atoms with van der Waals surface area (Å²) in [6, 6.07) is 0. The number of carboxylic acid groups (broad SMARTS) is 1. The van der Waals surface area contributed by atoms with E-state index in [4.69, 9.17) is 10.8 Å². The number of aromatic carboxylic acids is 1. The molecule has 0 amide bonds. The van der Waals surface area contributed by atoms with Crippen LogP contribution in [0.25, 0.3) is 0 Å². The van der Waals surface area contributed by atoms with E-state index in [2.05, 4.69) is 16.0 Å². The van der Waals surface area contributed by atoms with Crippen molar-refractivity contribution in [3.8, 4) is 0 Å². The molecule has 1 aliphatic rings. The maximum atomic E-state index is 10.8. The summed E-state index contributed by atoms with van der Waals surface area (Å²) < 4.78 is 1.57. The van der Waals surface area contributed by atoms with Crippen LogP contribution in [-0.4, -0.2) is 20.9 Å². The van der Waals surface area contributed by atoms with Crippen molar-refractivity contribution in [3.05, 3.63) is 5.69 Å². The van der Waals surface area contributed by atoms with Crippen LogP contribution in [0.15, 0.2) is 0 Å². The van der Waals surface area contributed by atoms with E-state index in [0.717, 1.165) is 0 Å². The van der Waals surface area contributed by atoms with Crippen LogP contribution in [0.2, 0.25) is 0 Å². The first kappa shape index (κ1) is 9.78. The van der Waals surface area contributed by atoms with Gasteiger partial charge in [0, 0.05) is 0 Å². The van der Waals surface area contributed by atoms with E-state index in [9.17, 15) is 4.79 Å². The second kappa shape index (κ2) is 3.13. The molecule has 1 unspecified atom stereocenters. The van der Waals surface area contributed by atoms with Crippen LogP contribution in [0.3, 0.4) is 0 Å². The molecule has 1 aromatic heterocycles. The predicted molar refractivity (Wildman–Crippen MR) is 54.2 cm³/mol. The molecule has 1 aliphatic heterocycles. The van der Waals surface area contributed by atoms with Crippen LogP contribution in [-0.2, 0) is 0 Å². The molecule has 5 N–H and O–H groups in total. The van der Waals surface area contributed by atoms with E-state index in [0.29, 0.717) is 5.82 Å². The van der Waals surface area contributed by atoms with Crippen molar-refractivity contribution in [2.45, 2.75) is 20.0 Å². The molecule has 0 aliphatic carbocycles. The van der Waals surface area contributed by atoms with Gasteiger partial charge in [0.15, 0.2) is 11.5 Å². The molecule has 0 aromatic carbocycles. The number of carboxylic acids is 1. The van der Waals surface area contributed by atoms with Crippen LogP contribution in [0.1, 0.15) is 30.5 Å². The molecule has 0 fully saturated rings. The van der Waals surface area contributed by atoms with Gasteiger partial charge in [0.1, 0.15) is 11.9 Å². The molecule has 1 aromatic rings. The van der Waals surface area contributed by atoms with Crippen molar-refractivity contribution in [1.29, 1.82) is 0 Å². The van der Waals surface area contributed by atoms with E-state index in [-0.39, 0.29) is 23.5 Å². The fourth-order valence-electron chi connectivity index (χ4n) is 1.58. The second-order valence-electron chi connectivity index (χ2n) is 3.82. The van der Waals surface area contributed by atoms with Crippen LogP contribution >= 0.6 is 0 Å². The fourth-order valence-corrected chi connectivity index (χ4v) is 1.58. The van der Waals surface area contributed by atoms with Crippen LogP contribution in [0.4, 0.5) is 11.5 Å². The maximum Gasteiger partial charge on any atom is 0.358 e. The van der Waals surface area contributed by atoms with Gasteiger partial charge in [-0.2, -0.15) is 5.10 Å². The summed E-state index contributed by atoms with van der Waals surface area (Å²) in [4.78, 5) is 10.8. The third-order valence-corrected chi connectivity index (χ3v) is 2.38. The topological polar surface area (TPSA) is 105 Å². The molecule has 7 nitrogen and oxygen atoms in total. The quantitative estimate of drug-likeness (QED) is 0.558. The summed E-state index contributed by atoms with van der Waals surface area (Å²) in [7, 11) is 0. The lowest BCUT2D eigenvalue weighted by Gasteiger charge is -2.14. The Morgan fingerprint density at radius 2 is 2.33 bits per heavy atom. The molecule has 0 saturated carbocycles. The highest BCUT2D eigenvalue weighted by Gasteiger charge is 2.31. The van der Waals surface area contributed by atoms with Crippen molar-refractivity contribution in [2.24, 2.45) is 5.92 Å². The van der Waals surface area contributed by atoms with Crippen LogP contribution < -0.4 is 16.6 Å². The van der Waals surface area contributed by atoms with Crippen molar-refractivity contribution in [1.82, 2.24) is 15.2 Å². The Bertz CT molecular complexity index is 411. The molecule has 82 valence electrons. The van der Waals surface area contributed by atoms with Crippen molar-refractivity contribution in [3.63, 3.8) is 0 Å². The molecule has 1 atom stereocenters. The van der Waals surface area contributed by atoms with Gasteiger partial charge in [0.25, 0.3) is 0 Å². The van der Waals surface area contributed by atoms with E-state index < -0.39 is 5.97 Å². The first-order valence-corrected chi connectivity index (χ1v) is 4.65. The number of rotatable bonds is 2. The zero-order valence-corrected chi connectivity index (χ0v) is 8.48. The molecule has 15 heavy (non-hydrogen) atoms. The number of hydrazine groups is 1. The predicted octanol–water partition coefficient (Wildman–Crippen LogP) is 0.248. The summed E-state index contributed by atoms with van der Waals surface area (Å²) in [6.07, 6.45) is -0.0737. The van der Waals surface area contributed by atoms with Gasteiger partial charge in [-0.05, 0) is 5.92 Å². The van der Waals surface area contributed by atoms with Gasteiger partial charge in [-0.15, -0.1) is 0 Å². The van der Waals surface area contributed by atoms with Gasteiger partial charge >= 0.3 is 5.97 Å². The van der Waals surface area contributed by atoms with Gasteiger partial charge in [-0.1, -0.05) is 13.8 Å². The van der Waals surface area contributed by atoms with Gasteiger partial charge in [0.05, 0.1) is 0 Å². The molecule has 7 heteroatoms. The summed E-state index contributed by atoms with van der Waals surface area (Å²) in [5.41, 5.74) is 11.5. The average molecular weight is 211 g/mol. The van der Waals surface area contributed by atoms with Crippen molar-refractivity contribution < 1.29 is 9.90 Å². The second-order valence-corrected chi connectivity index (χ2v) is 3.82. The molecule has 0 spiro atoms. The average Bonchev–Trinajstić information content (AvgIpc) is 2.66. The minimum absolute atomic E-state index is 0.0737. The Kier molecular flexibility index (Phi) is 2.04. The third kappa shape index (κ3) is 1.32. The van der Waals surface area contributed by atoms with Crippen LogP contribution in [0, 0.1) is 5.92 Å². The standard InChI is InChI=1S/C8H13N5O2/c1-3(2)6-10-11-7-4(9)5(8(14)15)12-13(6)7/h3,6,10-11H,9H2,1-2H3,(H,14,15). The number of hydrogen-bond donors (Lipinski definition) is 4. The number of fused-ring (bicyclic) bond motifs is 1. The van der Waals surface area contributed by atoms with E-state index in [1.54, 1.807) is 4.68 Å². The SMILES string of the molecule is CC(C)C1NNc2c(N)c(C(=O)O)nn21. The Hall–Kier alpha value is -1.76. The Balaban J connectivity index is 2.46. The maximum absolute atomic E-state index is 10.8. The van der Waals surface area contributed by atoms with Crippen LogP contribution in [0.5, 0.6) is 0 Å². The highest BCUT2D eigenvalue weighted by Crippen LogP contribution is 2.31. The largest absolute Gasteiger partial charge is 0.476 e. The lowest BCUT2D eigenvalue weighted by atomic mass is 10.2. The fraction of sp³-hybridized carbons (Fsp3) is 0.500. The minimum Gasteiger partial charge on any atom is -0.476 e. The van der Waals surface area contributed by atoms with Gasteiger partial charge in [-0.3, -0.25) is 0 Å². The normalized spacial score (nSPS) is 19.0. The number of anilines is 2. The smallest absolute Gasteiger partial charge is 0.358 e. The zero-order valence-electron chi connectivity index (χ0n) is 8.48. The van der Waals surface area contributed by atoms with E-state index >= 15 is 0 Å². The number of nitrogens with zero attached hydrogens (tertiary/aromatic N) is 2. The van der Waals surface area contributed by atoms with E-state index in [1.807, 2.05) is 13.8 Å². The lowest BCUT2D eigenvalue weighted by molar-refractivity contribution is 0.0689. The molecule has 0 radical (unpaired) electrons. The Morgan fingerprint density at radius 1 is 1.67 bits per heavy atom. The minimum atomic E-state index is -1.11. The number of nitrogens with two attached hydrogens (primary N) is 1. The monoisotopic (exact) mass is 211 g/mol. The first-order chi connectivity index (χ1) is 7.02. The molecular weight excluding hydrogens is 198 g/mol. The number of nitrogen functional groups attached to an aromatic ring is 1. The third-order valence-electron chi connectivity index (χ3n) is 2.38. The van der Waals surface area contributed by atoms with Crippen molar-refractivity contribution in [2.75, 3.05) is 11.2 Å². The Morgan fingerprint density at radius 3 is 2.87 bits per heavy atom. The molecule has 2 heterocycles. The number of nitrogens with one attached hydrogen (secondary N) is 2. The zero-order chi connectivity index (χ0) is 11.2. The molecule has 2 rings (SSSR count). The molecule has 0 saturated heterocycles. The molecule has 0 bridgehead atoms. The summed E-state index contributed by atoms with van der Waals surface area (Å²) in [5.74, 6) is -0.315. The highest BCUT2D eigenvalue weighted by atomic mass is 16.4. The van der Waals surface area contributed by atoms with Gasteiger partial charge in [0.2, 0.25) is 0 Å². The first-order valence-electron chi connectivity index (χ1n) is 4.65. The lowest BCUT2D eigenvalue weighted by Crippen LogP contribution is -2.27. The van der Waals surface area contributed by atoms with Gasteiger partial charge < -0.3 is 16.3 Å². The van der Waals surface area contributed by atoms with E-state index in [1.165, 1.54) is 0 Å². The summed E-state index contributed by atoms with van der Waals surface area (Å²) in [6.45, 7) is 4.01. The Labute approximate surface area is 86.2 Å². The number of carbonyl (C=O) groups is 1. The molecular formula is C8H13N5O2. The number of aromatic nitrogens is 2. The summed E-state index contributed by atoms with van der Waals surface area (Å²) in [5, 5.41) is 12.8. The number of hydrogen-bond acceptors (Lipinski definition) is 5. The summed E-state index contributed by atoms with van der Waals surface area (Å²) >= 11 is 0. The highest BCUT2D eigenvalue weighted by molar-refractivity contribution is 5.94. The van der Waals surface area contributed by atoms with Crippen molar-refractivity contribution >= 4 is 17.5 Å². The van der Waals surface area contributed by atoms with Gasteiger partial charge in [-0.25, -0.2) is 14.9 Å².